The molecule has 0 aromatic carbocycles. The van der Waals surface area contributed by atoms with E-state index in [4.69, 9.17) is 0 Å². The van der Waals surface area contributed by atoms with E-state index in [0.29, 0.717) is 5.16 Å². The standard InChI is InChI=1S/C8H13P/c1-6-5-9-8(3,4)7(6)2/h5H,1-4H3. The van der Waals surface area contributed by atoms with Crippen LogP contribution in [-0.4, -0.2) is 11.0 Å². The molecule has 0 N–H and O–H groups in total. The number of hydrogen-bond donors (Lipinski definition) is 0. The molecule has 0 nitrogen and oxygen atoms in total. The second-order valence-electron chi connectivity index (χ2n) is 3.13. The summed E-state index contributed by atoms with van der Waals surface area (Å²) < 4.78 is 0. The number of rotatable bonds is 0. The molecule has 0 radical (unpaired) electrons. The summed E-state index contributed by atoms with van der Waals surface area (Å²) in [6.45, 7) is 9.00. The third-order valence-corrected chi connectivity index (χ3v) is 3.59. The molecule has 1 rings (SSSR count). The maximum absolute atomic E-state index is 2.30. The Morgan fingerprint density at radius 2 is 1.89 bits per heavy atom. The Hall–Kier alpha value is -0.0900. The van der Waals surface area contributed by atoms with E-state index in [2.05, 4.69) is 33.5 Å². The van der Waals surface area contributed by atoms with E-state index in [-0.39, 0.29) is 0 Å². The van der Waals surface area contributed by atoms with Gasteiger partial charge in [-0.15, -0.1) is 0 Å². The predicted molar refractivity (Wildman–Crippen MR) is 45.4 cm³/mol. The maximum atomic E-state index is 2.30. The maximum Gasteiger partial charge on any atom is 0.0277 e. The van der Waals surface area contributed by atoms with Gasteiger partial charge in [-0.25, -0.2) is 0 Å². The van der Waals surface area contributed by atoms with Crippen molar-refractivity contribution in [3.63, 3.8) is 0 Å². The third kappa shape index (κ3) is 1.09. The molecule has 1 heterocycles. The zero-order chi connectivity index (χ0) is 7.07. The Morgan fingerprint density at radius 1 is 1.33 bits per heavy atom. The highest BCUT2D eigenvalue weighted by Crippen LogP contribution is 2.37. The van der Waals surface area contributed by atoms with Crippen LogP contribution >= 0.6 is 8.20 Å². The van der Waals surface area contributed by atoms with Gasteiger partial charge in [0.25, 0.3) is 0 Å². The minimum atomic E-state index is 0.421. The summed E-state index contributed by atoms with van der Waals surface area (Å²) in [5.74, 6) is 2.30. The van der Waals surface area contributed by atoms with Gasteiger partial charge in [0, 0.05) is 5.16 Å². The molecule has 0 fully saturated rings. The molecular weight excluding hydrogens is 127 g/mol. The lowest BCUT2D eigenvalue weighted by atomic mass is 10.0. The summed E-state index contributed by atoms with van der Waals surface area (Å²) in [6, 6.07) is 0. The van der Waals surface area contributed by atoms with Crippen molar-refractivity contribution in [3.05, 3.63) is 11.1 Å². The molecule has 9 heavy (non-hydrogen) atoms. The van der Waals surface area contributed by atoms with Crippen molar-refractivity contribution in [2.24, 2.45) is 0 Å². The zero-order valence-electron chi connectivity index (χ0n) is 6.52. The van der Waals surface area contributed by atoms with E-state index in [0.717, 1.165) is 0 Å². The van der Waals surface area contributed by atoms with Crippen LogP contribution in [0.1, 0.15) is 27.7 Å². The van der Waals surface area contributed by atoms with Crippen LogP contribution in [-0.2, 0) is 0 Å². The van der Waals surface area contributed by atoms with E-state index in [9.17, 15) is 0 Å². The first-order chi connectivity index (χ1) is 4.04. The van der Waals surface area contributed by atoms with Crippen LogP contribution in [0.5, 0.6) is 0 Å². The molecule has 0 saturated heterocycles. The number of allylic oxidation sites excluding steroid dienone is 2. The molecular formula is C8H13P. The fourth-order valence-corrected chi connectivity index (χ4v) is 2.01. The van der Waals surface area contributed by atoms with Gasteiger partial charge in [-0.05, 0) is 39.1 Å². The summed E-state index contributed by atoms with van der Waals surface area (Å²) in [7, 11) is 1.46. The first-order valence-corrected chi connectivity index (χ1v) is 4.23. The highest BCUT2D eigenvalue weighted by molar-refractivity contribution is 7.42. The van der Waals surface area contributed by atoms with Crippen LogP contribution in [0.25, 0.3) is 0 Å². The first kappa shape index (κ1) is 7.02. The van der Waals surface area contributed by atoms with Crippen molar-refractivity contribution < 1.29 is 0 Å². The summed E-state index contributed by atoms with van der Waals surface area (Å²) >= 11 is 0. The largest absolute Gasteiger partial charge is 0.0935 e. The van der Waals surface area contributed by atoms with Crippen molar-refractivity contribution >= 4 is 14.0 Å². The lowest BCUT2D eigenvalue weighted by Crippen LogP contribution is -2.09. The van der Waals surface area contributed by atoms with E-state index >= 15 is 0 Å². The van der Waals surface area contributed by atoms with E-state index in [1.807, 2.05) is 0 Å². The Balaban J connectivity index is 3.01. The molecule has 0 aliphatic carbocycles. The lowest BCUT2D eigenvalue weighted by molar-refractivity contribution is 0.830. The monoisotopic (exact) mass is 140 g/mol. The topological polar surface area (TPSA) is 0 Å². The molecule has 1 heteroatoms. The van der Waals surface area contributed by atoms with Crippen LogP contribution in [0.15, 0.2) is 11.1 Å². The third-order valence-electron chi connectivity index (χ3n) is 2.09. The average Bonchev–Trinajstić information content (AvgIpc) is 1.97. The first-order valence-electron chi connectivity index (χ1n) is 3.27. The molecule has 0 unspecified atom stereocenters. The van der Waals surface area contributed by atoms with E-state index in [1.54, 1.807) is 5.57 Å². The summed E-state index contributed by atoms with van der Waals surface area (Å²) in [5, 5.41) is 0.421. The van der Waals surface area contributed by atoms with Gasteiger partial charge in [0.1, 0.15) is 0 Å². The van der Waals surface area contributed by atoms with E-state index < -0.39 is 0 Å². The van der Waals surface area contributed by atoms with Gasteiger partial charge in [0.05, 0.1) is 0 Å². The van der Waals surface area contributed by atoms with Crippen molar-refractivity contribution in [1.29, 1.82) is 0 Å². The highest BCUT2D eigenvalue weighted by Gasteiger charge is 2.22. The van der Waals surface area contributed by atoms with Gasteiger partial charge in [-0.1, -0.05) is 13.8 Å². The van der Waals surface area contributed by atoms with Crippen molar-refractivity contribution in [2.45, 2.75) is 32.9 Å². The Morgan fingerprint density at radius 3 is 2.00 bits per heavy atom. The fourth-order valence-electron chi connectivity index (χ4n) is 0.934. The quantitative estimate of drug-likeness (QED) is 0.454. The molecule has 50 valence electrons. The van der Waals surface area contributed by atoms with Crippen LogP contribution in [0.3, 0.4) is 0 Å². The van der Waals surface area contributed by atoms with Crippen LogP contribution in [0.4, 0.5) is 0 Å². The van der Waals surface area contributed by atoms with Gasteiger partial charge < -0.3 is 0 Å². The SMILES string of the molecule is CC1=C(C)C(C)(C)P=C1. The highest BCUT2D eigenvalue weighted by atomic mass is 31.1. The molecule has 1 aliphatic rings. The average molecular weight is 140 g/mol. The summed E-state index contributed by atoms with van der Waals surface area (Å²) in [5.41, 5.74) is 3.02. The fraction of sp³-hybridized carbons (Fsp3) is 0.625. The zero-order valence-corrected chi connectivity index (χ0v) is 7.42. The van der Waals surface area contributed by atoms with Crippen LogP contribution < -0.4 is 0 Å². The number of hydrogen-bond acceptors (Lipinski definition) is 0. The second kappa shape index (κ2) is 1.95. The normalized spacial score (nSPS) is 25.3. The molecule has 0 amide bonds. The smallest absolute Gasteiger partial charge is 0.0277 e. The van der Waals surface area contributed by atoms with Crippen molar-refractivity contribution in [3.8, 4) is 0 Å². The van der Waals surface area contributed by atoms with Gasteiger partial charge in [0.2, 0.25) is 0 Å². The van der Waals surface area contributed by atoms with Crippen molar-refractivity contribution in [2.75, 3.05) is 0 Å². The minimum Gasteiger partial charge on any atom is -0.0935 e. The van der Waals surface area contributed by atoms with Gasteiger partial charge in [-0.3, -0.25) is 0 Å². The molecule has 1 aliphatic heterocycles. The molecule has 0 saturated carbocycles. The Kier molecular flexibility index (Phi) is 1.52. The summed E-state index contributed by atoms with van der Waals surface area (Å²) in [6.07, 6.45) is 0. The molecule has 0 atom stereocenters. The van der Waals surface area contributed by atoms with Crippen LogP contribution in [0, 0.1) is 0 Å². The Labute approximate surface area is 58.8 Å². The van der Waals surface area contributed by atoms with E-state index in [1.165, 1.54) is 13.8 Å². The predicted octanol–water partition coefficient (Wildman–Crippen LogP) is 2.86. The molecule has 0 aromatic rings. The Bertz CT molecular complexity index is 185. The molecule has 0 aromatic heterocycles. The summed E-state index contributed by atoms with van der Waals surface area (Å²) in [4.78, 5) is 0. The molecule has 0 spiro atoms. The van der Waals surface area contributed by atoms with Gasteiger partial charge in [-0.2, -0.15) is 0 Å². The lowest BCUT2D eigenvalue weighted by Gasteiger charge is -2.16. The van der Waals surface area contributed by atoms with Crippen molar-refractivity contribution in [1.82, 2.24) is 0 Å². The van der Waals surface area contributed by atoms with Gasteiger partial charge >= 0.3 is 0 Å². The molecule has 0 bridgehead atoms. The second-order valence-corrected chi connectivity index (χ2v) is 4.76. The van der Waals surface area contributed by atoms with Gasteiger partial charge in [0.15, 0.2) is 0 Å². The minimum absolute atomic E-state index is 0.421. The van der Waals surface area contributed by atoms with Crippen LogP contribution in [0.2, 0.25) is 0 Å².